The van der Waals surface area contributed by atoms with Gasteiger partial charge in [-0.3, -0.25) is 0 Å². The summed E-state index contributed by atoms with van der Waals surface area (Å²) in [5.74, 6) is 0.0366. The fourth-order valence-corrected chi connectivity index (χ4v) is 0.972. The van der Waals surface area contributed by atoms with Crippen molar-refractivity contribution in [2.75, 3.05) is 7.11 Å². The van der Waals surface area contributed by atoms with Crippen molar-refractivity contribution in [3.8, 4) is 0 Å². The largest absolute Gasteiger partial charge is 0.464 e. The Balaban J connectivity index is 2.87. The Kier molecular flexibility index (Phi) is 3.01. The van der Waals surface area contributed by atoms with E-state index in [-0.39, 0.29) is 0 Å². The molecule has 1 aromatic heterocycles. The number of aromatic nitrogens is 1. The van der Waals surface area contributed by atoms with E-state index in [0.29, 0.717) is 11.6 Å². The van der Waals surface area contributed by atoms with E-state index >= 15 is 0 Å². The summed E-state index contributed by atoms with van der Waals surface area (Å²) >= 11 is 0. The van der Waals surface area contributed by atoms with Crippen molar-refractivity contribution in [1.29, 1.82) is 0 Å². The van der Waals surface area contributed by atoms with Crippen molar-refractivity contribution in [1.82, 2.24) is 4.98 Å². The van der Waals surface area contributed by atoms with Gasteiger partial charge in [0.2, 0.25) is 0 Å². The van der Waals surface area contributed by atoms with E-state index in [4.69, 9.17) is 0 Å². The third kappa shape index (κ3) is 2.28. The van der Waals surface area contributed by atoms with Crippen LogP contribution in [0.5, 0.6) is 0 Å². The summed E-state index contributed by atoms with van der Waals surface area (Å²) in [6.45, 7) is 4.16. The molecular formula is C10H13NO2. The summed E-state index contributed by atoms with van der Waals surface area (Å²) in [6, 6.07) is 3.57. The smallest absolute Gasteiger partial charge is 0.356 e. The van der Waals surface area contributed by atoms with Gasteiger partial charge in [-0.25, -0.2) is 9.78 Å². The third-order valence-electron chi connectivity index (χ3n) is 1.85. The zero-order valence-corrected chi connectivity index (χ0v) is 8.07. The Labute approximate surface area is 77.8 Å². The van der Waals surface area contributed by atoms with E-state index in [9.17, 15) is 4.79 Å². The van der Waals surface area contributed by atoms with E-state index in [2.05, 4.69) is 23.6 Å². The fraction of sp³-hybridized carbons (Fsp3) is 0.400. The minimum Gasteiger partial charge on any atom is -0.464 e. The van der Waals surface area contributed by atoms with Crippen LogP contribution in [0.3, 0.4) is 0 Å². The van der Waals surface area contributed by atoms with Crippen LogP contribution in [0, 0.1) is 0 Å². The molecule has 0 atom stereocenters. The molecule has 0 aromatic carbocycles. The molecular weight excluding hydrogens is 166 g/mol. The molecule has 0 amide bonds. The van der Waals surface area contributed by atoms with Gasteiger partial charge < -0.3 is 4.74 Å². The molecule has 0 bridgehead atoms. The molecule has 3 nitrogen and oxygen atoms in total. The van der Waals surface area contributed by atoms with Crippen LogP contribution in [0.1, 0.15) is 35.8 Å². The lowest BCUT2D eigenvalue weighted by molar-refractivity contribution is 0.0594. The van der Waals surface area contributed by atoms with E-state index in [1.807, 2.05) is 6.07 Å². The molecule has 0 unspecified atom stereocenters. The maximum Gasteiger partial charge on any atom is 0.356 e. The summed E-state index contributed by atoms with van der Waals surface area (Å²) in [5, 5.41) is 0. The number of pyridine rings is 1. The lowest BCUT2D eigenvalue weighted by Crippen LogP contribution is -2.04. The predicted octanol–water partition coefficient (Wildman–Crippen LogP) is 1.99. The predicted molar refractivity (Wildman–Crippen MR) is 49.7 cm³/mol. The number of hydrogen-bond donors (Lipinski definition) is 0. The maximum atomic E-state index is 11.0. The topological polar surface area (TPSA) is 39.2 Å². The second kappa shape index (κ2) is 4.03. The van der Waals surface area contributed by atoms with Gasteiger partial charge in [0.15, 0.2) is 0 Å². The third-order valence-corrected chi connectivity index (χ3v) is 1.85. The van der Waals surface area contributed by atoms with Gasteiger partial charge in [0.1, 0.15) is 5.69 Å². The van der Waals surface area contributed by atoms with Gasteiger partial charge in [-0.2, -0.15) is 0 Å². The average Bonchev–Trinajstić information content (AvgIpc) is 2.17. The molecule has 0 aliphatic carbocycles. The van der Waals surface area contributed by atoms with Gasteiger partial charge in [0.05, 0.1) is 7.11 Å². The molecule has 13 heavy (non-hydrogen) atoms. The monoisotopic (exact) mass is 179 g/mol. The van der Waals surface area contributed by atoms with Crippen LogP contribution >= 0.6 is 0 Å². The van der Waals surface area contributed by atoms with Gasteiger partial charge in [-0.1, -0.05) is 19.9 Å². The number of ether oxygens (including phenoxy) is 1. The van der Waals surface area contributed by atoms with Gasteiger partial charge in [0.25, 0.3) is 0 Å². The van der Waals surface area contributed by atoms with E-state index < -0.39 is 5.97 Å². The van der Waals surface area contributed by atoms with Crippen molar-refractivity contribution >= 4 is 5.97 Å². The molecule has 0 saturated heterocycles. The van der Waals surface area contributed by atoms with Crippen LogP contribution in [-0.2, 0) is 4.74 Å². The standard InChI is InChI=1S/C10H13NO2/c1-7(2)8-4-5-9(11-6-8)10(12)13-3/h4-7H,1-3H3. The van der Waals surface area contributed by atoms with E-state index in [1.54, 1.807) is 12.3 Å². The second-order valence-corrected chi connectivity index (χ2v) is 3.12. The van der Waals surface area contributed by atoms with E-state index in [0.717, 1.165) is 5.56 Å². The van der Waals surface area contributed by atoms with Gasteiger partial charge in [0, 0.05) is 6.20 Å². The minimum absolute atomic E-state index is 0.354. The van der Waals surface area contributed by atoms with Crippen molar-refractivity contribution in [3.05, 3.63) is 29.6 Å². The van der Waals surface area contributed by atoms with Crippen LogP contribution in [0.4, 0.5) is 0 Å². The van der Waals surface area contributed by atoms with Crippen LogP contribution in [0.2, 0.25) is 0 Å². The minimum atomic E-state index is -0.393. The van der Waals surface area contributed by atoms with E-state index in [1.165, 1.54) is 7.11 Å². The molecule has 0 fully saturated rings. The average molecular weight is 179 g/mol. The molecule has 1 heterocycles. The Morgan fingerprint density at radius 2 is 2.15 bits per heavy atom. The highest BCUT2D eigenvalue weighted by Gasteiger charge is 2.06. The molecule has 0 N–H and O–H groups in total. The lowest BCUT2D eigenvalue weighted by atomic mass is 10.1. The first-order valence-electron chi connectivity index (χ1n) is 4.19. The Morgan fingerprint density at radius 1 is 1.46 bits per heavy atom. The fourth-order valence-electron chi connectivity index (χ4n) is 0.972. The van der Waals surface area contributed by atoms with Crippen molar-refractivity contribution in [2.24, 2.45) is 0 Å². The van der Waals surface area contributed by atoms with Crippen LogP contribution in [0.15, 0.2) is 18.3 Å². The molecule has 0 radical (unpaired) electrons. The number of carbonyl (C=O) groups is 1. The first-order valence-corrected chi connectivity index (χ1v) is 4.19. The summed E-state index contributed by atoms with van der Waals surface area (Å²) in [5.41, 5.74) is 1.47. The van der Waals surface area contributed by atoms with Crippen LogP contribution in [-0.4, -0.2) is 18.1 Å². The normalized spacial score (nSPS) is 10.2. The number of carbonyl (C=O) groups excluding carboxylic acids is 1. The van der Waals surface area contributed by atoms with Gasteiger partial charge in [-0.15, -0.1) is 0 Å². The molecule has 0 aliphatic heterocycles. The molecule has 0 spiro atoms. The maximum absolute atomic E-state index is 11.0. The summed E-state index contributed by atoms with van der Waals surface area (Å²) in [6.07, 6.45) is 1.71. The number of esters is 1. The number of methoxy groups -OCH3 is 1. The Bertz CT molecular complexity index is 290. The zero-order chi connectivity index (χ0) is 9.84. The van der Waals surface area contributed by atoms with Crippen molar-refractivity contribution < 1.29 is 9.53 Å². The SMILES string of the molecule is COC(=O)c1ccc(C(C)C)cn1. The summed E-state index contributed by atoms with van der Waals surface area (Å²) < 4.78 is 4.54. The van der Waals surface area contributed by atoms with Crippen LogP contribution < -0.4 is 0 Å². The lowest BCUT2D eigenvalue weighted by Gasteiger charge is -2.04. The highest BCUT2D eigenvalue weighted by atomic mass is 16.5. The zero-order valence-electron chi connectivity index (χ0n) is 8.07. The molecule has 1 aromatic rings. The quantitative estimate of drug-likeness (QED) is 0.652. The molecule has 70 valence electrons. The number of nitrogens with zero attached hydrogens (tertiary/aromatic N) is 1. The Morgan fingerprint density at radius 3 is 2.54 bits per heavy atom. The molecule has 1 rings (SSSR count). The first-order chi connectivity index (χ1) is 6.15. The van der Waals surface area contributed by atoms with Crippen LogP contribution in [0.25, 0.3) is 0 Å². The highest BCUT2D eigenvalue weighted by Crippen LogP contribution is 2.12. The summed E-state index contributed by atoms with van der Waals surface area (Å²) in [4.78, 5) is 15.0. The second-order valence-electron chi connectivity index (χ2n) is 3.12. The van der Waals surface area contributed by atoms with Crippen molar-refractivity contribution in [3.63, 3.8) is 0 Å². The van der Waals surface area contributed by atoms with Gasteiger partial charge in [-0.05, 0) is 17.5 Å². The van der Waals surface area contributed by atoms with Gasteiger partial charge >= 0.3 is 5.97 Å². The molecule has 0 aliphatic rings. The first kappa shape index (κ1) is 9.71. The number of rotatable bonds is 2. The Hall–Kier alpha value is -1.38. The molecule has 0 saturated carbocycles. The highest BCUT2D eigenvalue weighted by molar-refractivity contribution is 5.86. The van der Waals surface area contributed by atoms with Crippen molar-refractivity contribution in [2.45, 2.75) is 19.8 Å². The summed E-state index contributed by atoms with van der Waals surface area (Å²) in [7, 11) is 1.35. The molecule has 3 heteroatoms. The number of hydrogen-bond acceptors (Lipinski definition) is 3.